The van der Waals surface area contributed by atoms with E-state index in [0.717, 1.165) is 11.3 Å². The highest BCUT2D eigenvalue weighted by Crippen LogP contribution is 2.20. The van der Waals surface area contributed by atoms with Crippen molar-refractivity contribution in [2.75, 3.05) is 13.2 Å². The van der Waals surface area contributed by atoms with E-state index in [2.05, 4.69) is 25.2 Å². The van der Waals surface area contributed by atoms with E-state index in [0.29, 0.717) is 19.2 Å². The number of hydrogen-bond acceptors (Lipinski definition) is 3. The number of ether oxygens (including phenoxy) is 1. The average Bonchev–Trinajstić information content (AvgIpc) is 2.48. The average molecular weight is 314 g/mol. The molecule has 1 aliphatic rings. The second-order valence-electron chi connectivity index (χ2n) is 5.91. The Kier molecular flexibility index (Phi) is 8.09. The summed E-state index contributed by atoms with van der Waals surface area (Å²) in [7, 11) is 0. The van der Waals surface area contributed by atoms with Crippen LogP contribution in [0.4, 0.5) is 0 Å². The lowest BCUT2D eigenvalue weighted by molar-refractivity contribution is 0.101. The summed E-state index contributed by atoms with van der Waals surface area (Å²) in [6.07, 6.45) is 6.02. The quantitative estimate of drug-likeness (QED) is 0.846. The molecule has 2 N–H and O–H groups in total. The molecule has 1 unspecified atom stereocenters. The van der Waals surface area contributed by atoms with E-state index >= 15 is 0 Å². The van der Waals surface area contributed by atoms with E-state index in [9.17, 15) is 5.11 Å². The molecule has 0 heterocycles. The number of halogens is 1. The summed E-state index contributed by atoms with van der Waals surface area (Å²) < 4.78 is 5.73. The molecule has 0 amide bonds. The Bertz CT molecular complexity index is 419. The van der Waals surface area contributed by atoms with E-state index < -0.39 is 6.10 Å². The molecule has 1 aromatic rings. The van der Waals surface area contributed by atoms with Crippen molar-refractivity contribution in [1.82, 2.24) is 5.32 Å². The van der Waals surface area contributed by atoms with Gasteiger partial charge in [0.1, 0.15) is 18.5 Å². The smallest absolute Gasteiger partial charge is 0.122 e. The van der Waals surface area contributed by atoms with Crippen LogP contribution in [0.1, 0.15) is 43.2 Å². The molecule has 1 aliphatic carbocycles. The lowest BCUT2D eigenvalue weighted by Crippen LogP contribution is -2.39. The first kappa shape index (κ1) is 18.3. The minimum atomic E-state index is -0.447. The molecule has 120 valence electrons. The minimum Gasteiger partial charge on any atom is -0.491 e. The summed E-state index contributed by atoms with van der Waals surface area (Å²) in [6, 6.07) is 6.61. The minimum absolute atomic E-state index is 0. The SMILES string of the molecule is Cc1cccc(OCC(O)CNC2CCCCC2)c1C.Cl. The molecule has 4 heteroatoms. The van der Waals surface area contributed by atoms with Gasteiger partial charge in [0, 0.05) is 12.6 Å². The van der Waals surface area contributed by atoms with Gasteiger partial charge in [0.2, 0.25) is 0 Å². The van der Waals surface area contributed by atoms with Crippen LogP contribution in [0.15, 0.2) is 18.2 Å². The van der Waals surface area contributed by atoms with Gasteiger partial charge >= 0.3 is 0 Å². The van der Waals surface area contributed by atoms with Crippen LogP contribution in [0.2, 0.25) is 0 Å². The van der Waals surface area contributed by atoms with Gasteiger partial charge < -0.3 is 15.2 Å². The van der Waals surface area contributed by atoms with Crippen LogP contribution in [0.5, 0.6) is 5.75 Å². The number of rotatable bonds is 6. The van der Waals surface area contributed by atoms with Crippen molar-refractivity contribution < 1.29 is 9.84 Å². The molecule has 0 aliphatic heterocycles. The maximum Gasteiger partial charge on any atom is 0.122 e. The third-order valence-electron chi connectivity index (χ3n) is 4.23. The van der Waals surface area contributed by atoms with Crippen LogP contribution in [0, 0.1) is 13.8 Å². The molecule has 2 rings (SSSR count). The first-order valence-electron chi connectivity index (χ1n) is 7.77. The summed E-state index contributed by atoms with van der Waals surface area (Å²) in [5, 5.41) is 13.5. The predicted octanol–water partition coefficient (Wildman–Crippen LogP) is 3.39. The summed E-state index contributed by atoms with van der Waals surface area (Å²) in [6.45, 7) is 5.10. The molecular weight excluding hydrogens is 286 g/mol. The van der Waals surface area contributed by atoms with E-state index in [1.54, 1.807) is 0 Å². The summed E-state index contributed by atoms with van der Waals surface area (Å²) in [5.41, 5.74) is 2.37. The van der Waals surface area contributed by atoms with Crippen LogP contribution in [0.3, 0.4) is 0 Å². The third kappa shape index (κ3) is 5.85. The molecule has 1 fully saturated rings. The molecule has 0 spiro atoms. The van der Waals surface area contributed by atoms with Crippen LogP contribution in [-0.2, 0) is 0 Å². The normalized spacial score (nSPS) is 17.1. The summed E-state index contributed by atoms with van der Waals surface area (Å²) in [4.78, 5) is 0. The van der Waals surface area contributed by atoms with Gasteiger partial charge in [-0.15, -0.1) is 12.4 Å². The Morgan fingerprint density at radius 2 is 1.95 bits per heavy atom. The monoisotopic (exact) mass is 313 g/mol. The van der Waals surface area contributed by atoms with Gasteiger partial charge in [0.05, 0.1) is 0 Å². The fourth-order valence-corrected chi connectivity index (χ4v) is 2.73. The molecule has 0 saturated heterocycles. The Labute approximate surface area is 134 Å². The molecule has 1 atom stereocenters. The summed E-state index contributed by atoms with van der Waals surface area (Å²) >= 11 is 0. The van der Waals surface area contributed by atoms with Crippen LogP contribution < -0.4 is 10.1 Å². The molecule has 1 saturated carbocycles. The van der Waals surface area contributed by atoms with Crippen LogP contribution in [-0.4, -0.2) is 30.4 Å². The lowest BCUT2D eigenvalue weighted by Gasteiger charge is -2.24. The van der Waals surface area contributed by atoms with Gasteiger partial charge in [0.15, 0.2) is 0 Å². The largest absolute Gasteiger partial charge is 0.491 e. The van der Waals surface area contributed by atoms with Gasteiger partial charge in [-0.25, -0.2) is 0 Å². The Morgan fingerprint density at radius 3 is 2.67 bits per heavy atom. The van der Waals surface area contributed by atoms with Gasteiger partial charge in [-0.1, -0.05) is 31.4 Å². The van der Waals surface area contributed by atoms with Crippen molar-refractivity contribution >= 4 is 12.4 Å². The molecule has 3 nitrogen and oxygen atoms in total. The number of hydrogen-bond donors (Lipinski definition) is 2. The van der Waals surface area contributed by atoms with Crippen molar-refractivity contribution in [3.05, 3.63) is 29.3 Å². The first-order valence-corrected chi connectivity index (χ1v) is 7.77. The van der Waals surface area contributed by atoms with E-state index in [1.807, 2.05) is 12.1 Å². The fraction of sp³-hybridized carbons (Fsp3) is 0.647. The third-order valence-corrected chi connectivity index (χ3v) is 4.23. The van der Waals surface area contributed by atoms with E-state index in [4.69, 9.17) is 4.74 Å². The van der Waals surface area contributed by atoms with Crippen molar-refractivity contribution in [1.29, 1.82) is 0 Å². The van der Waals surface area contributed by atoms with Crippen molar-refractivity contribution in [2.45, 2.75) is 58.1 Å². The molecule has 0 aromatic heterocycles. The highest BCUT2D eigenvalue weighted by atomic mass is 35.5. The molecule has 21 heavy (non-hydrogen) atoms. The zero-order valence-electron chi connectivity index (χ0n) is 13.1. The highest BCUT2D eigenvalue weighted by Gasteiger charge is 2.14. The zero-order chi connectivity index (χ0) is 14.4. The molecule has 0 radical (unpaired) electrons. The molecule has 0 bridgehead atoms. The van der Waals surface area contributed by atoms with Crippen molar-refractivity contribution in [2.24, 2.45) is 0 Å². The number of aliphatic hydroxyl groups is 1. The highest BCUT2D eigenvalue weighted by molar-refractivity contribution is 5.85. The van der Waals surface area contributed by atoms with Gasteiger partial charge in [0.25, 0.3) is 0 Å². The van der Waals surface area contributed by atoms with Gasteiger partial charge in [-0.2, -0.15) is 0 Å². The Hall–Kier alpha value is -0.770. The first-order chi connectivity index (χ1) is 9.66. The maximum atomic E-state index is 10.0. The van der Waals surface area contributed by atoms with Gasteiger partial charge in [-0.3, -0.25) is 0 Å². The van der Waals surface area contributed by atoms with Crippen molar-refractivity contribution in [3.8, 4) is 5.75 Å². The Morgan fingerprint density at radius 1 is 1.24 bits per heavy atom. The van der Waals surface area contributed by atoms with Gasteiger partial charge in [-0.05, 0) is 43.9 Å². The predicted molar refractivity (Wildman–Crippen MR) is 89.5 cm³/mol. The molecular formula is C17H28ClNO2. The standard InChI is InChI=1S/C17H27NO2.ClH/c1-13-7-6-10-17(14(13)2)20-12-16(19)11-18-15-8-4-3-5-9-15;/h6-7,10,15-16,18-19H,3-5,8-9,11-12H2,1-2H3;1H. The maximum absolute atomic E-state index is 10.0. The van der Waals surface area contributed by atoms with E-state index in [-0.39, 0.29) is 12.4 Å². The number of nitrogens with one attached hydrogen (secondary N) is 1. The van der Waals surface area contributed by atoms with Crippen LogP contribution in [0.25, 0.3) is 0 Å². The number of aryl methyl sites for hydroxylation is 1. The number of aliphatic hydroxyl groups excluding tert-OH is 1. The number of benzene rings is 1. The lowest BCUT2D eigenvalue weighted by atomic mass is 9.95. The molecule has 1 aromatic carbocycles. The van der Waals surface area contributed by atoms with Crippen molar-refractivity contribution in [3.63, 3.8) is 0 Å². The van der Waals surface area contributed by atoms with Crippen LogP contribution >= 0.6 is 12.4 Å². The topological polar surface area (TPSA) is 41.5 Å². The second-order valence-corrected chi connectivity index (χ2v) is 5.91. The zero-order valence-corrected chi connectivity index (χ0v) is 13.9. The second kappa shape index (κ2) is 9.29. The fourth-order valence-electron chi connectivity index (χ4n) is 2.73. The Balaban J connectivity index is 0.00000220. The van der Waals surface area contributed by atoms with E-state index in [1.165, 1.54) is 37.7 Å². The summed E-state index contributed by atoms with van der Waals surface area (Å²) in [5.74, 6) is 0.877.